The molecule has 0 unspecified atom stereocenters. The number of ether oxygens (including phenoxy) is 2. The summed E-state index contributed by atoms with van der Waals surface area (Å²) in [5.74, 6) is 2.04. The van der Waals surface area contributed by atoms with Crippen molar-refractivity contribution in [3.05, 3.63) is 68.6 Å². The third kappa shape index (κ3) is 7.55. The molecular formula is C27H34N4O7S. The van der Waals surface area contributed by atoms with Gasteiger partial charge in [0.2, 0.25) is 5.88 Å². The lowest BCUT2D eigenvalue weighted by Gasteiger charge is -2.32. The second kappa shape index (κ2) is 12.6. The van der Waals surface area contributed by atoms with Crippen LogP contribution < -0.4 is 30.5 Å². The van der Waals surface area contributed by atoms with Crippen LogP contribution in [0.25, 0.3) is 0 Å². The maximum absolute atomic E-state index is 12.4. The second-order valence-electron chi connectivity index (χ2n) is 9.71. The van der Waals surface area contributed by atoms with Gasteiger partial charge in [0.1, 0.15) is 17.1 Å². The number of methoxy groups -OCH3 is 1. The first-order chi connectivity index (χ1) is 18.6. The summed E-state index contributed by atoms with van der Waals surface area (Å²) >= 11 is 0. The van der Waals surface area contributed by atoms with Crippen molar-refractivity contribution in [3.63, 3.8) is 0 Å². The molecule has 12 heteroatoms. The van der Waals surface area contributed by atoms with Crippen LogP contribution in [0.5, 0.6) is 11.6 Å². The van der Waals surface area contributed by atoms with E-state index < -0.39 is 21.0 Å². The highest BCUT2D eigenvalue weighted by Crippen LogP contribution is 2.36. The van der Waals surface area contributed by atoms with E-state index in [-0.39, 0.29) is 0 Å². The molecule has 0 saturated carbocycles. The fraction of sp³-hybridized carbons (Fsp3) is 0.444. The Kier molecular flexibility index (Phi) is 9.20. The topological polar surface area (TPSA) is 138 Å². The van der Waals surface area contributed by atoms with Crippen molar-refractivity contribution < 1.29 is 22.4 Å². The van der Waals surface area contributed by atoms with Gasteiger partial charge < -0.3 is 24.6 Å². The normalized spacial score (nSPS) is 15.9. The number of rotatable bonds is 9. The molecule has 210 valence electrons. The number of nitrogens with one attached hydrogen (secondary N) is 1. The number of para-hydroxylation sites is 1. The van der Waals surface area contributed by atoms with E-state index in [1.54, 1.807) is 13.3 Å². The minimum atomic E-state index is -3.67. The van der Waals surface area contributed by atoms with E-state index in [0.717, 1.165) is 62.5 Å². The van der Waals surface area contributed by atoms with Crippen LogP contribution in [0, 0.1) is 5.92 Å². The highest BCUT2D eigenvalue weighted by Gasteiger charge is 2.31. The molecule has 3 aromatic rings. The fourth-order valence-corrected chi connectivity index (χ4v) is 4.86. The van der Waals surface area contributed by atoms with Gasteiger partial charge in [0.15, 0.2) is 0 Å². The molecule has 1 fully saturated rings. The largest absolute Gasteiger partial charge is 0.493 e. The monoisotopic (exact) mass is 558 g/mol. The minimum Gasteiger partial charge on any atom is -0.493 e. The molecule has 3 heterocycles. The van der Waals surface area contributed by atoms with E-state index in [9.17, 15) is 18.0 Å². The Balaban J connectivity index is 0.000000648. The highest BCUT2D eigenvalue weighted by atomic mass is 32.2. The fourth-order valence-electron chi connectivity index (χ4n) is 4.86. The van der Waals surface area contributed by atoms with Gasteiger partial charge >= 0.3 is 0 Å². The molecule has 2 aromatic carbocycles. The summed E-state index contributed by atoms with van der Waals surface area (Å²) in [5.41, 5.74) is 1.99. The molecule has 2 aliphatic heterocycles. The van der Waals surface area contributed by atoms with Crippen LogP contribution in [0.15, 0.2) is 52.2 Å². The zero-order chi connectivity index (χ0) is 28.0. The number of aromatic nitrogens is 1. The van der Waals surface area contributed by atoms with Crippen molar-refractivity contribution in [2.45, 2.75) is 19.3 Å². The average molecular weight is 559 g/mol. The third-order valence-corrected chi connectivity index (χ3v) is 6.87. The summed E-state index contributed by atoms with van der Waals surface area (Å²) in [4.78, 5) is 33.3. The predicted octanol–water partition coefficient (Wildman–Crippen LogP) is 2.09. The van der Waals surface area contributed by atoms with Crippen molar-refractivity contribution in [2.24, 2.45) is 5.92 Å². The van der Waals surface area contributed by atoms with Crippen LogP contribution in [0.4, 0.5) is 17.1 Å². The van der Waals surface area contributed by atoms with Gasteiger partial charge in [-0.3, -0.25) is 14.1 Å². The zero-order valence-electron chi connectivity index (χ0n) is 22.1. The quantitative estimate of drug-likeness (QED) is 0.295. The Bertz CT molecular complexity index is 1420. The number of hydrogen-bond donors (Lipinski definition) is 2. The Morgan fingerprint density at radius 1 is 1.10 bits per heavy atom. The predicted molar refractivity (Wildman–Crippen MR) is 150 cm³/mol. The smallest absolute Gasteiger partial charge is 0.261 e. The molecule has 2 aliphatic rings. The standard InChI is InChI=1S/C26H30N4O4.CH4O3S/c1-33-22-15-19-9-13-30(21(19)16-28-22)24-23(25(31)26(24)32)27-10-14-29-11-7-18(8-12-29)17-34-20-5-3-2-4-6-20;1-5(2,3)4/h2-6,15-16,18,27H,7-14,17H2,1H3;1H3,(H,2,3,4). The first-order valence-electron chi connectivity index (χ1n) is 12.8. The molecule has 5 rings (SSSR count). The zero-order valence-corrected chi connectivity index (χ0v) is 22.9. The van der Waals surface area contributed by atoms with Crippen molar-refractivity contribution in [2.75, 3.05) is 62.9 Å². The van der Waals surface area contributed by atoms with Gasteiger partial charge in [-0.05, 0) is 56.0 Å². The molecule has 0 spiro atoms. The highest BCUT2D eigenvalue weighted by molar-refractivity contribution is 7.85. The molecular weight excluding hydrogens is 524 g/mol. The lowest BCUT2D eigenvalue weighted by molar-refractivity contribution is 0.144. The van der Waals surface area contributed by atoms with E-state index in [1.807, 2.05) is 41.3 Å². The lowest BCUT2D eigenvalue weighted by atomic mass is 9.98. The van der Waals surface area contributed by atoms with E-state index in [4.69, 9.17) is 14.0 Å². The summed E-state index contributed by atoms with van der Waals surface area (Å²) in [5, 5.41) is 3.24. The molecule has 0 radical (unpaired) electrons. The summed E-state index contributed by atoms with van der Waals surface area (Å²) in [6, 6.07) is 11.8. The Morgan fingerprint density at radius 3 is 2.46 bits per heavy atom. The Hall–Kier alpha value is -3.48. The van der Waals surface area contributed by atoms with Gasteiger partial charge in [0.25, 0.3) is 21.0 Å². The number of nitrogens with zero attached hydrogens (tertiary/aromatic N) is 3. The first-order valence-corrected chi connectivity index (χ1v) is 14.7. The average Bonchev–Trinajstić information content (AvgIpc) is 3.33. The minimum absolute atomic E-state index is 0.426. The van der Waals surface area contributed by atoms with Crippen molar-refractivity contribution in [1.29, 1.82) is 0 Å². The SMILES string of the molecule is COc1cc2c(cn1)N(c1c(NCCN3CCC(COc4ccccc4)CC3)c(=O)c1=O)CC2.CS(=O)(=O)O. The van der Waals surface area contributed by atoms with E-state index in [1.165, 1.54) is 0 Å². The summed E-state index contributed by atoms with van der Waals surface area (Å²) in [6.45, 7) is 4.89. The Labute approximate surface area is 227 Å². The van der Waals surface area contributed by atoms with E-state index in [0.29, 0.717) is 42.5 Å². The Morgan fingerprint density at radius 2 is 1.79 bits per heavy atom. The molecule has 0 bridgehead atoms. The number of pyridine rings is 1. The van der Waals surface area contributed by atoms with Gasteiger partial charge in [0, 0.05) is 25.7 Å². The number of fused-ring (bicyclic) bond motifs is 1. The van der Waals surface area contributed by atoms with E-state index >= 15 is 0 Å². The van der Waals surface area contributed by atoms with Crippen molar-refractivity contribution in [3.8, 4) is 11.6 Å². The first kappa shape index (κ1) is 28.5. The maximum atomic E-state index is 12.4. The van der Waals surface area contributed by atoms with Crippen molar-refractivity contribution in [1.82, 2.24) is 9.88 Å². The molecule has 0 atom stereocenters. The van der Waals surface area contributed by atoms with Gasteiger partial charge in [-0.15, -0.1) is 0 Å². The molecule has 11 nitrogen and oxygen atoms in total. The molecule has 1 saturated heterocycles. The van der Waals surface area contributed by atoms with Crippen LogP contribution in [0.1, 0.15) is 18.4 Å². The number of likely N-dealkylation sites (tertiary alicyclic amines) is 1. The summed E-state index contributed by atoms with van der Waals surface area (Å²) in [7, 11) is -2.08. The molecule has 0 amide bonds. The van der Waals surface area contributed by atoms with E-state index in [2.05, 4.69) is 15.2 Å². The second-order valence-corrected chi connectivity index (χ2v) is 11.2. The maximum Gasteiger partial charge on any atom is 0.261 e. The van der Waals surface area contributed by atoms with Crippen LogP contribution in [-0.2, 0) is 16.5 Å². The number of hydrogen-bond acceptors (Lipinski definition) is 10. The van der Waals surface area contributed by atoms with Crippen LogP contribution >= 0.6 is 0 Å². The molecule has 2 N–H and O–H groups in total. The van der Waals surface area contributed by atoms with Crippen LogP contribution in [-0.4, -0.2) is 75.6 Å². The summed E-state index contributed by atoms with van der Waals surface area (Å²) < 4.78 is 37.0. The van der Waals surface area contributed by atoms with Crippen molar-refractivity contribution >= 4 is 27.2 Å². The van der Waals surface area contributed by atoms with Gasteiger partial charge in [-0.2, -0.15) is 8.42 Å². The van der Waals surface area contributed by atoms with Gasteiger partial charge in [-0.25, -0.2) is 4.98 Å². The number of benzene rings is 1. The van der Waals surface area contributed by atoms with Gasteiger partial charge in [0.05, 0.1) is 31.9 Å². The van der Waals surface area contributed by atoms with Crippen LogP contribution in [0.3, 0.4) is 0 Å². The third-order valence-electron chi connectivity index (χ3n) is 6.87. The van der Waals surface area contributed by atoms with Gasteiger partial charge in [-0.1, -0.05) is 18.2 Å². The van der Waals surface area contributed by atoms with Crippen LogP contribution in [0.2, 0.25) is 0 Å². The number of anilines is 3. The molecule has 1 aromatic heterocycles. The molecule has 39 heavy (non-hydrogen) atoms. The summed E-state index contributed by atoms with van der Waals surface area (Å²) in [6.07, 6.45) is 5.41. The number of piperidine rings is 1. The molecule has 0 aliphatic carbocycles. The lowest BCUT2D eigenvalue weighted by Crippen LogP contribution is -2.42.